The minimum absolute atomic E-state index is 0.0904. The SMILES string of the molecule is CC(C)CC1NCCN(Cc2ccc3c(N)ncnc3c2)C1C=O. The number of nitrogens with two attached hydrogens (primary N) is 1. The average molecular weight is 327 g/mol. The number of hydrogen-bond donors (Lipinski definition) is 2. The molecule has 24 heavy (non-hydrogen) atoms. The molecule has 2 aromatic rings. The van der Waals surface area contributed by atoms with Gasteiger partial charge in [0.15, 0.2) is 0 Å². The number of carbonyl (C=O) groups is 1. The quantitative estimate of drug-likeness (QED) is 0.812. The second-order valence-corrected chi connectivity index (χ2v) is 6.90. The van der Waals surface area contributed by atoms with E-state index < -0.39 is 0 Å². The van der Waals surface area contributed by atoms with E-state index in [0.29, 0.717) is 11.7 Å². The number of anilines is 1. The Labute approximate surface area is 142 Å². The molecule has 1 aromatic heterocycles. The summed E-state index contributed by atoms with van der Waals surface area (Å²) in [6, 6.07) is 6.17. The van der Waals surface area contributed by atoms with Crippen molar-refractivity contribution in [2.24, 2.45) is 5.92 Å². The van der Waals surface area contributed by atoms with Gasteiger partial charge in [-0.3, -0.25) is 4.90 Å². The van der Waals surface area contributed by atoms with E-state index in [1.165, 1.54) is 6.33 Å². The van der Waals surface area contributed by atoms with Crippen LogP contribution in [0.15, 0.2) is 24.5 Å². The molecule has 0 aliphatic carbocycles. The summed E-state index contributed by atoms with van der Waals surface area (Å²) in [4.78, 5) is 22.3. The van der Waals surface area contributed by atoms with Crippen molar-refractivity contribution in [2.45, 2.75) is 38.9 Å². The monoisotopic (exact) mass is 327 g/mol. The van der Waals surface area contributed by atoms with Gasteiger partial charge >= 0.3 is 0 Å². The standard InChI is InChI=1S/C18H25N5O/c1-12(2)7-16-17(10-24)23(6-5-20-16)9-13-3-4-14-15(8-13)21-11-22-18(14)19/h3-4,8,10-12,16-17,20H,5-7,9H2,1-2H3,(H2,19,21,22). The maximum atomic E-state index is 11.7. The van der Waals surface area contributed by atoms with Crippen LogP contribution >= 0.6 is 0 Å². The van der Waals surface area contributed by atoms with Gasteiger partial charge in [0, 0.05) is 31.1 Å². The highest BCUT2D eigenvalue weighted by molar-refractivity contribution is 5.88. The molecule has 0 amide bonds. The fourth-order valence-corrected chi connectivity index (χ4v) is 3.47. The molecule has 2 unspecified atom stereocenters. The molecular formula is C18H25N5O. The normalized spacial score (nSPS) is 22.1. The molecule has 1 saturated heterocycles. The third-order valence-electron chi connectivity index (χ3n) is 4.62. The minimum Gasteiger partial charge on any atom is -0.383 e. The highest BCUT2D eigenvalue weighted by atomic mass is 16.1. The Bertz CT molecular complexity index is 718. The predicted octanol–water partition coefficient (Wildman–Crippen LogP) is 1.60. The van der Waals surface area contributed by atoms with E-state index in [1.807, 2.05) is 18.2 Å². The molecule has 128 valence electrons. The number of nitrogens with one attached hydrogen (secondary N) is 1. The van der Waals surface area contributed by atoms with Crippen molar-refractivity contribution in [3.8, 4) is 0 Å². The summed E-state index contributed by atoms with van der Waals surface area (Å²) in [7, 11) is 0. The van der Waals surface area contributed by atoms with Gasteiger partial charge in [0.2, 0.25) is 0 Å². The van der Waals surface area contributed by atoms with Crippen LogP contribution in [0.1, 0.15) is 25.8 Å². The van der Waals surface area contributed by atoms with Crippen LogP contribution in [0.5, 0.6) is 0 Å². The number of fused-ring (bicyclic) bond motifs is 1. The van der Waals surface area contributed by atoms with E-state index in [2.05, 4.69) is 34.0 Å². The van der Waals surface area contributed by atoms with Gasteiger partial charge in [0.05, 0.1) is 11.6 Å². The summed E-state index contributed by atoms with van der Waals surface area (Å²) in [5, 5.41) is 4.36. The van der Waals surface area contributed by atoms with Crippen LogP contribution in [0, 0.1) is 5.92 Å². The second kappa shape index (κ2) is 7.23. The molecule has 1 aliphatic heterocycles. The van der Waals surface area contributed by atoms with Crippen LogP contribution < -0.4 is 11.1 Å². The Morgan fingerprint density at radius 3 is 3.00 bits per heavy atom. The van der Waals surface area contributed by atoms with Crippen molar-refractivity contribution in [1.29, 1.82) is 0 Å². The topological polar surface area (TPSA) is 84.1 Å². The first kappa shape index (κ1) is 16.8. The van der Waals surface area contributed by atoms with Gasteiger partial charge in [-0.05, 0) is 30.0 Å². The lowest BCUT2D eigenvalue weighted by molar-refractivity contribution is -0.114. The van der Waals surface area contributed by atoms with Crippen molar-refractivity contribution in [3.05, 3.63) is 30.1 Å². The Kier molecular flexibility index (Phi) is 5.06. The molecule has 1 aliphatic rings. The molecule has 3 N–H and O–H groups in total. The minimum atomic E-state index is -0.0904. The van der Waals surface area contributed by atoms with Crippen molar-refractivity contribution in [3.63, 3.8) is 0 Å². The van der Waals surface area contributed by atoms with Crippen LogP contribution in [0.2, 0.25) is 0 Å². The molecule has 0 spiro atoms. The number of benzene rings is 1. The van der Waals surface area contributed by atoms with Crippen LogP contribution in [0.4, 0.5) is 5.82 Å². The van der Waals surface area contributed by atoms with E-state index >= 15 is 0 Å². The first-order chi connectivity index (χ1) is 11.6. The van der Waals surface area contributed by atoms with E-state index in [1.54, 1.807) is 0 Å². The summed E-state index contributed by atoms with van der Waals surface area (Å²) in [6.07, 6.45) is 3.57. The number of nitrogens with zero attached hydrogens (tertiary/aromatic N) is 3. The molecule has 0 saturated carbocycles. The number of piperazine rings is 1. The molecule has 6 nitrogen and oxygen atoms in total. The summed E-state index contributed by atoms with van der Waals surface area (Å²) >= 11 is 0. The number of aldehydes is 1. The van der Waals surface area contributed by atoms with Crippen LogP contribution in [-0.4, -0.2) is 46.3 Å². The maximum Gasteiger partial charge on any atom is 0.138 e. The van der Waals surface area contributed by atoms with Gasteiger partial charge in [-0.25, -0.2) is 9.97 Å². The van der Waals surface area contributed by atoms with Crippen molar-refractivity contribution in [1.82, 2.24) is 20.2 Å². The summed E-state index contributed by atoms with van der Waals surface area (Å²) < 4.78 is 0. The number of hydrogen-bond acceptors (Lipinski definition) is 6. The summed E-state index contributed by atoms with van der Waals surface area (Å²) in [6.45, 7) is 6.89. The highest BCUT2D eigenvalue weighted by Crippen LogP contribution is 2.21. The lowest BCUT2D eigenvalue weighted by Gasteiger charge is -2.39. The van der Waals surface area contributed by atoms with Crippen LogP contribution in [0.3, 0.4) is 0 Å². The van der Waals surface area contributed by atoms with Gasteiger partial charge in [-0.15, -0.1) is 0 Å². The van der Waals surface area contributed by atoms with Gasteiger partial charge in [-0.2, -0.15) is 0 Å². The zero-order valence-electron chi connectivity index (χ0n) is 14.3. The molecular weight excluding hydrogens is 302 g/mol. The lowest BCUT2D eigenvalue weighted by atomic mass is 9.94. The molecule has 2 atom stereocenters. The van der Waals surface area contributed by atoms with E-state index in [9.17, 15) is 4.79 Å². The lowest BCUT2D eigenvalue weighted by Crippen LogP contribution is -2.58. The van der Waals surface area contributed by atoms with Crippen LogP contribution in [0.25, 0.3) is 10.9 Å². The molecule has 0 radical (unpaired) electrons. The molecule has 0 bridgehead atoms. The summed E-state index contributed by atoms with van der Waals surface area (Å²) in [5.74, 6) is 1.06. The van der Waals surface area contributed by atoms with E-state index in [-0.39, 0.29) is 12.1 Å². The largest absolute Gasteiger partial charge is 0.383 e. The predicted molar refractivity (Wildman–Crippen MR) is 95.5 cm³/mol. The number of aromatic nitrogens is 2. The highest BCUT2D eigenvalue weighted by Gasteiger charge is 2.31. The second-order valence-electron chi connectivity index (χ2n) is 6.90. The molecule has 1 fully saturated rings. The fourth-order valence-electron chi connectivity index (χ4n) is 3.47. The zero-order chi connectivity index (χ0) is 17.1. The van der Waals surface area contributed by atoms with Crippen molar-refractivity contribution >= 4 is 23.0 Å². The van der Waals surface area contributed by atoms with E-state index in [0.717, 1.165) is 48.8 Å². The molecule has 6 heteroatoms. The first-order valence-corrected chi connectivity index (χ1v) is 8.50. The Balaban J connectivity index is 1.80. The zero-order valence-corrected chi connectivity index (χ0v) is 14.3. The van der Waals surface area contributed by atoms with Gasteiger partial charge in [0.1, 0.15) is 18.4 Å². The van der Waals surface area contributed by atoms with Gasteiger partial charge in [-0.1, -0.05) is 19.9 Å². The van der Waals surface area contributed by atoms with Gasteiger partial charge < -0.3 is 15.8 Å². The first-order valence-electron chi connectivity index (χ1n) is 8.50. The van der Waals surface area contributed by atoms with Crippen LogP contribution in [-0.2, 0) is 11.3 Å². The molecule has 2 heterocycles. The number of carbonyl (C=O) groups excluding carboxylic acids is 1. The number of nitrogen functional groups attached to an aromatic ring is 1. The van der Waals surface area contributed by atoms with Gasteiger partial charge in [0.25, 0.3) is 0 Å². The Morgan fingerprint density at radius 1 is 1.42 bits per heavy atom. The third-order valence-corrected chi connectivity index (χ3v) is 4.62. The number of rotatable bonds is 5. The fraction of sp³-hybridized carbons (Fsp3) is 0.500. The molecule has 1 aromatic carbocycles. The third kappa shape index (κ3) is 3.55. The molecule has 3 rings (SSSR count). The smallest absolute Gasteiger partial charge is 0.138 e. The maximum absolute atomic E-state index is 11.7. The van der Waals surface area contributed by atoms with E-state index in [4.69, 9.17) is 5.73 Å². The Morgan fingerprint density at radius 2 is 2.25 bits per heavy atom. The Hall–Kier alpha value is -2.05. The summed E-state index contributed by atoms with van der Waals surface area (Å²) in [5.41, 5.74) is 7.86. The van der Waals surface area contributed by atoms with Crippen molar-refractivity contribution < 1.29 is 4.79 Å². The average Bonchev–Trinajstić information content (AvgIpc) is 2.55. The van der Waals surface area contributed by atoms with Crippen molar-refractivity contribution in [2.75, 3.05) is 18.8 Å².